The maximum Gasteiger partial charge on any atom is 0.434 e. The van der Waals surface area contributed by atoms with Gasteiger partial charge in [0, 0.05) is 28.3 Å². The first-order valence-corrected chi connectivity index (χ1v) is 11.4. The number of benzene rings is 1. The molecule has 0 atom stereocenters. The van der Waals surface area contributed by atoms with Crippen molar-refractivity contribution in [2.45, 2.75) is 33.9 Å². The highest BCUT2D eigenvalue weighted by Gasteiger charge is 2.37. The van der Waals surface area contributed by atoms with Crippen molar-refractivity contribution in [1.82, 2.24) is 19.6 Å². The van der Waals surface area contributed by atoms with E-state index in [0.717, 1.165) is 17.7 Å². The molecule has 38 heavy (non-hydrogen) atoms. The molecule has 4 aromatic rings. The van der Waals surface area contributed by atoms with E-state index in [9.17, 15) is 22.8 Å². The number of nitrogens with zero attached hydrogens (tertiary/aromatic N) is 4. The summed E-state index contributed by atoms with van der Waals surface area (Å²) in [5, 5.41) is 15.9. The lowest BCUT2D eigenvalue weighted by Crippen LogP contribution is -2.27. The Morgan fingerprint density at radius 3 is 2.42 bits per heavy atom. The van der Waals surface area contributed by atoms with Crippen LogP contribution < -0.4 is 10.1 Å². The average Bonchev–Trinajstić information content (AvgIpc) is 3.26. The van der Waals surface area contributed by atoms with Crippen LogP contribution in [0.25, 0.3) is 28.2 Å². The average molecular weight is 528 g/mol. The third-order valence-electron chi connectivity index (χ3n) is 5.54. The molecule has 3 heterocycles. The lowest BCUT2D eigenvalue weighted by atomic mass is 9.95. The Kier molecular flexibility index (Phi) is 6.83. The first-order valence-electron chi connectivity index (χ1n) is 11.4. The number of ether oxygens (including phenoxy) is 1. The first-order chi connectivity index (χ1) is 17.7. The molecular weight excluding hydrogens is 503 g/mol. The van der Waals surface area contributed by atoms with Gasteiger partial charge in [-0.1, -0.05) is 32.9 Å². The Labute approximate surface area is 215 Å². The number of alkyl halides is 3. The number of anilines is 1. The molecule has 3 aromatic heterocycles. The number of carboxylic acid groups (broad SMARTS) is 1. The highest BCUT2D eigenvalue weighted by Crippen LogP contribution is 2.36. The molecular formula is C26H24F3N5O4. The standard InChI is InChI=1S/C26H24F3N5O4/c1-14-5-6-15(11-18(14)31-24(37)25(2,3)4)19-12-34-20(30-19)9-8-17(33-34)16-7-10-21(38-13-22(35)36)32-23(16)26(27,28)29/h5-12H,13H2,1-4H3,(H,31,37)(H,35,36). The van der Waals surface area contributed by atoms with Gasteiger partial charge in [-0.25, -0.2) is 19.3 Å². The van der Waals surface area contributed by atoms with E-state index in [1.807, 2.05) is 39.8 Å². The molecule has 198 valence electrons. The van der Waals surface area contributed by atoms with Gasteiger partial charge in [0.2, 0.25) is 11.8 Å². The van der Waals surface area contributed by atoms with Crippen molar-refractivity contribution in [3.05, 3.63) is 59.9 Å². The number of amides is 1. The Morgan fingerprint density at radius 1 is 1.03 bits per heavy atom. The number of carbonyl (C=O) groups excluding carboxylic acids is 1. The number of rotatable bonds is 6. The van der Waals surface area contributed by atoms with E-state index in [4.69, 9.17) is 9.84 Å². The first kappa shape index (κ1) is 26.6. The second kappa shape index (κ2) is 9.77. The maximum absolute atomic E-state index is 13.8. The number of hydrogen-bond donors (Lipinski definition) is 2. The number of imidazole rings is 1. The summed E-state index contributed by atoms with van der Waals surface area (Å²) in [6.45, 7) is 6.46. The second-order valence-electron chi connectivity index (χ2n) is 9.61. The van der Waals surface area contributed by atoms with Crippen LogP contribution in [-0.4, -0.2) is 43.2 Å². The van der Waals surface area contributed by atoms with Gasteiger partial charge in [-0.2, -0.15) is 18.3 Å². The molecule has 2 N–H and O–H groups in total. The number of aryl methyl sites for hydroxylation is 1. The molecule has 9 nitrogen and oxygen atoms in total. The van der Waals surface area contributed by atoms with E-state index in [1.54, 1.807) is 12.3 Å². The number of aliphatic carboxylic acids is 1. The number of halogens is 3. The molecule has 1 aromatic carbocycles. The van der Waals surface area contributed by atoms with Gasteiger partial charge in [-0.15, -0.1) is 0 Å². The minimum Gasteiger partial charge on any atom is -0.479 e. The fourth-order valence-corrected chi connectivity index (χ4v) is 3.47. The fraction of sp³-hybridized carbons (Fsp3) is 0.269. The SMILES string of the molecule is Cc1ccc(-c2cn3nc(-c4ccc(OCC(=O)O)nc4C(F)(F)F)ccc3n2)cc1NC(=O)C(C)(C)C. The van der Waals surface area contributed by atoms with Crippen LogP contribution in [0.2, 0.25) is 0 Å². The minimum absolute atomic E-state index is 0.0203. The normalized spacial score (nSPS) is 12.0. The second-order valence-corrected chi connectivity index (χ2v) is 9.61. The van der Waals surface area contributed by atoms with Gasteiger partial charge in [0.15, 0.2) is 17.9 Å². The maximum atomic E-state index is 13.8. The molecule has 0 bridgehead atoms. The smallest absolute Gasteiger partial charge is 0.434 e. The highest BCUT2D eigenvalue weighted by atomic mass is 19.4. The number of pyridine rings is 1. The van der Waals surface area contributed by atoms with Crippen LogP contribution >= 0.6 is 0 Å². The van der Waals surface area contributed by atoms with Gasteiger partial charge < -0.3 is 15.2 Å². The molecule has 0 saturated carbocycles. The van der Waals surface area contributed by atoms with Gasteiger partial charge >= 0.3 is 12.1 Å². The van der Waals surface area contributed by atoms with Gasteiger partial charge in [-0.3, -0.25) is 4.79 Å². The van der Waals surface area contributed by atoms with Crippen LogP contribution in [0.5, 0.6) is 5.88 Å². The van der Waals surface area contributed by atoms with E-state index in [2.05, 4.69) is 20.4 Å². The van der Waals surface area contributed by atoms with E-state index in [-0.39, 0.29) is 17.2 Å². The van der Waals surface area contributed by atoms with Crippen molar-refractivity contribution < 1.29 is 32.6 Å². The Bertz CT molecular complexity index is 1540. The summed E-state index contributed by atoms with van der Waals surface area (Å²) in [6, 6.07) is 10.6. The number of aromatic nitrogens is 4. The summed E-state index contributed by atoms with van der Waals surface area (Å²) >= 11 is 0. The number of fused-ring (bicyclic) bond motifs is 1. The number of carbonyl (C=O) groups is 2. The quantitative estimate of drug-likeness (QED) is 0.352. The molecule has 12 heteroatoms. The van der Waals surface area contributed by atoms with Crippen LogP contribution in [0.1, 0.15) is 32.0 Å². The van der Waals surface area contributed by atoms with Crippen molar-refractivity contribution in [3.63, 3.8) is 0 Å². The minimum atomic E-state index is -4.84. The van der Waals surface area contributed by atoms with E-state index in [1.165, 1.54) is 16.6 Å². The number of carboxylic acids is 1. The Morgan fingerprint density at radius 2 is 1.76 bits per heavy atom. The Hall–Kier alpha value is -4.48. The van der Waals surface area contributed by atoms with Crippen molar-refractivity contribution in [3.8, 4) is 28.4 Å². The van der Waals surface area contributed by atoms with Crippen molar-refractivity contribution in [2.24, 2.45) is 5.41 Å². The summed E-state index contributed by atoms with van der Waals surface area (Å²) in [6.07, 6.45) is -3.27. The lowest BCUT2D eigenvalue weighted by molar-refractivity contribution is -0.141. The molecule has 0 unspecified atom stereocenters. The molecule has 0 spiro atoms. The Balaban J connectivity index is 1.70. The summed E-state index contributed by atoms with van der Waals surface area (Å²) in [5.74, 6) is -1.96. The van der Waals surface area contributed by atoms with Crippen molar-refractivity contribution in [2.75, 3.05) is 11.9 Å². The van der Waals surface area contributed by atoms with Gasteiger partial charge in [0.05, 0.1) is 17.6 Å². The van der Waals surface area contributed by atoms with Crippen LogP contribution in [0.15, 0.2) is 48.7 Å². The number of hydrogen-bond acceptors (Lipinski definition) is 6. The van der Waals surface area contributed by atoms with E-state index >= 15 is 0 Å². The molecule has 0 radical (unpaired) electrons. The van der Waals surface area contributed by atoms with Gasteiger partial charge in [0.1, 0.15) is 0 Å². The summed E-state index contributed by atoms with van der Waals surface area (Å²) in [4.78, 5) is 31.1. The molecule has 0 aliphatic rings. The molecule has 0 fully saturated rings. The van der Waals surface area contributed by atoms with Crippen molar-refractivity contribution >= 4 is 23.2 Å². The van der Waals surface area contributed by atoms with Crippen LogP contribution in [0.4, 0.5) is 18.9 Å². The van der Waals surface area contributed by atoms with Gasteiger partial charge in [-0.05, 0) is 36.8 Å². The zero-order valence-corrected chi connectivity index (χ0v) is 20.9. The van der Waals surface area contributed by atoms with Crippen LogP contribution in [0.3, 0.4) is 0 Å². The highest BCUT2D eigenvalue weighted by molar-refractivity contribution is 5.95. The third kappa shape index (κ3) is 5.74. The van der Waals surface area contributed by atoms with Crippen LogP contribution in [0, 0.1) is 12.3 Å². The number of nitrogens with one attached hydrogen (secondary N) is 1. The molecule has 4 rings (SSSR count). The monoisotopic (exact) mass is 527 g/mol. The third-order valence-corrected chi connectivity index (χ3v) is 5.54. The predicted molar refractivity (Wildman–Crippen MR) is 133 cm³/mol. The summed E-state index contributed by atoms with van der Waals surface area (Å²) in [7, 11) is 0. The van der Waals surface area contributed by atoms with Crippen LogP contribution in [-0.2, 0) is 15.8 Å². The molecule has 0 aliphatic heterocycles. The van der Waals surface area contributed by atoms with E-state index in [0.29, 0.717) is 22.6 Å². The van der Waals surface area contributed by atoms with Crippen molar-refractivity contribution in [1.29, 1.82) is 0 Å². The molecule has 1 amide bonds. The lowest BCUT2D eigenvalue weighted by Gasteiger charge is -2.19. The molecule has 0 saturated heterocycles. The zero-order valence-electron chi connectivity index (χ0n) is 20.9. The largest absolute Gasteiger partial charge is 0.479 e. The molecule has 0 aliphatic carbocycles. The topological polar surface area (TPSA) is 119 Å². The zero-order chi connectivity index (χ0) is 27.8. The van der Waals surface area contributed by atoms with E-state index < -0.39 is 35.7 Å². The fourth-order valence-electron chi connectivity index (χ4n) is 3.47. The summed E-state index contributed by atoms with van der Waals surface area (Å²) < 4.78 is 47.5. The van der Waals surface area contributed by atoms with Gasteiger partial charge in [0.25, 0.3) is 0 Å². The summed E-state index contributed by atoms with van der Waals surface area (Å²) in [5.41, 5.74) is 0.900. The predicted octanol–water partition coefficient (Wildman–Crippen LogP) is 5.23.